The third-order valence-corrected chi connectivity index (χ3v) is 2.41. The van der Waals surface area contributed by atoms with Crippen LogP contribution in [0.5, 0.6) is 0 Å². The third-order valence-electron chi connectivity index (χ3n) is 2.41. The van der Waals surface area contributed by atoms with E-state index < -0.39 is 0 Å². The zero-order chi connectivity index (χ0) is 9.80. The summed E-state index contributed by atoms with van der Waals surface area (Å²) in [4.78, 5) is 2.28. The molecule has 3 N–H and O–H groups in total. The molecule has 76 valence electrons. The summed E-state index contributed by atoms with van der Waals surface area (Å²) in [6.45, 7) is 3.44. The Morgan fingerprint density at radius 3 is 2.64 bits per heavy atom. The second kappa shape index (κ2) is 4.30. The first kappa shape index (κ1) is 9.30. The van der Waals surface area contributed by atoms with Crippen LogP contribution in [0.15, 0.2) is 24.3 Å². The zero-order valence-electron chi connectivity index (χ0n) is 8.07. The summed E-state index contributed by atoms with van der Waals surface area (Å²) < 4.78 is 5.30. The van der Waals surface area contributed by atoms with Gasteiger partial charge in [-0.3, -0.25) is 5.84 Å². The molecule has 0 amide bonds. The van der Waals surface area contributed by atoms with Gasteiger partial charge in [-0.15, -0.1) is 0 Å². The maximum absolute atomic E-state index is 5.45. The Morgan fingerprint density at radius 2 is 1.93 bits per heavy atom. The lowest BCUT2D eigenvalue weighted by atomic mass is 10.2. The Bertz CT molecular complexity index is 297. The smallest absolute Gasteiger partial charge is 0.0720 e. The van der Waals surface area contributed by atoms with Gasteiger partial charge in [0.15, 0.2) is 0 Å². The fourth-order valence-corrected chi connectivity index (χ4v) is 1.68. The number of nitrogen functional groups attached to an aromatic ring is 1. The summed E-state index contributed by atoms with van der Waals surface area (Å²) in [7, 11) is 0. The number of hydrogen-bond acceptors (Lipinski definition) is 4. The summed E-state index contributed by atoms with van der Waals surface area (Å²) in [5, 5.41) is 0. The molecule has 1 heterocycles. The largest absolute Gasteiger partial charge is 0.378 e. The van der Waals surface area contributed by atoms with Crippen molar-refractivity contribution in [1.82, 2.24) is 0 Å². The standard InChI is InChI=1S/C10H15N3O/c11-12-9-3-1-2-4-10(9)13-5-7-14-8-6-13/h1-4,12H,5-8,11H2. The van der Waals surface area contributed by atoms with Crippen LogP contribution in [0.25, 0.3) is 0 Å². The molecule has 0 bridgehead atoms. The number of para-hydroxylation sites is 2. The van der Waals surface area contributed by atoms with Gasteiger partial charge in [0.1, 0.15) is 0 Å². The highest BCUT2D eigenvalue weighted by Crippen LogP contribution is 2.24. The molecule has 4 heteroatoms. The lowest BCUT2D eigenvalue weighted by Gasteiger charge is -2.30. The summed E-state index contributed by atoms with van der Waals surface area (Å²) in [6, 6.07) is 8.04. The molecule has 2 rings (SSSR count). The van der Waals surface area contributed by atoms with Crippen LogP contribution in [-0.2, 0) is 4.74 Å². The van der Waals surface area contributed by atoms with Gasteiger partial charge in [0, 0.05) is 13.1 Å². The summed E-state index contributed by atoms with van der Waals surface area (Å²) in [5.41, 5.74) is 4.83. The van der Waals surface area contributed by atoms with E-state index in [1.807, 2.05) is 18.2 Å². The van der Waals surface area contributed by atoms with E-state index in [1.165, 1.54) is 0 Å². The van der Waals surface area contributed by atoms with Gasteiger partial charge in [0.2, 0.25) is 0 Å². The van der Waals surface area contributed by atoms with Crippen molar-refractivity contribution in [1.29, 1.82) is 0 Å². The van der Waals surface area contributed by atoms with Gasteiger partial charge >= 0.3 is 0 Å². The van der Waals surface area contributed by atoms with Gasteiger partial charge in [-0.05, 0) is 12.1 Å². The highest BCUT2D eigenvalue weighted by atomic mass is 16.5. The molecule has 1 aliphatic rings. The van der Waals surface area contributed by atoms with Crippen LogP contribution >= 0.6 is 0 Å². The topological polar surface area (TPSA) is 50.5 Å². The minimum atomic E-state index is 0.791. The van der Waals surface area contributed by atoms with Gasteiger partial charge in [0.05, 0.1) is 24.6 Å². The van der Waals surface area contributed by atoms with E-state index >= 15 is 0 Å². The number of anilines is 2. The molecule has 0 saturated carbocycles. The quantitative estimate of drug-likeness (QED) is 0.539. The van der Waals surface area contributed by atoms with E-state index in [1.54, 1.807) is 0 Å². The normalized spacial score (nSPS) is 16.8. The minimum Gasteiger partial charge on any atom is -0.378 e. The van der Waals surface area contributed by atoms with Crippen LogP contribution in [0.1, 0.15) is 0 Å². The van der Waals surface area contributed by atoms with E-state index in [4.69, 9.17) is 10.6 Å². The van der Waals surface area contributed by atoms with E-state index in [0.29, 0.717) is 0 Å². The molecule has 4 nitrogen and oxygen atoms in total. The number of rotatable bonds is 2. The van der Waals surface area contributed by atoms with Crippen LogP contribution in [0.2, 0.25) is 0 Å². The van der Waals surface area contributed by atoms with Crippen molar-refractivity contribution < 1.29 is 4.74 Å². The highest BCUT2D eigenvalue weighted by Gasteiger charge is 2.13. The van der Waals surface area contributed by atoms with Crippen LogP contribution in [-0.4, -0.2) is 26.3 Å². The van der Waals surface area contributed by atoms with Crippen molar-refractivity contribution in [3.8, 4) is 0 Å². The van der Waals surface area contributed by atoms with Crippen LogP contribution < -0.4 is 16.2 Å². The highest BCUT2D eigenvalue weighted by molar-refractivity contribution is 5.69. The molecule has 1 aromatic rings. The molecule has 0 radical (unpaired) electrons. The number of ether oxygens (including phenoxy) is 1. The van der Waals surface area contributed by atoms with Gasteiger partial charge < -0.3 is 15.1 Å². The molecule has 0 aliphatic carbocycles. The molecular formula is C10H15N3O. The first-order valence-electron chi connectivity index (χ1n) is 4.80. The van der Waals surface area contributed by atoms with E-state index in [9.17, 15) is 0 Å². The molecule has 1 fully saturated rings. The Balaban J connectivity index is 2.20. The molecule has 1 aromatic carbocycles. The molecule has 1 aliphatic heterocycles. The van der Waals surface area contributed by atoms with Crippen molar-refractivity contribution in [2.24, 2.45) is 5.84 Å². The van der Waals surface area contributed by atoms with Crippen molar-refractivity contribution in [3.05, 3.63) is 24.3 Å². The molecule has 1 saturated heterocycles. The Hall–Kier alpha value is -1.26. The summed E-state index contributed by atoms with van der Waals surface area (Å²) in [5.74, 6) is 5.45. The Kier molecular flexibility index (Phi) is 2.86. The van der Waals surface area contributed by atoms with Crippen molar-refractivity contribution in [3.63, 3.8) is 0 Å². The monoisotopic (exact) mass is 193 g/mol. The van der Waals surface area contributed by atoms with Crippen molar-refractivity contribution in [2.75, 3.05) is 36.6 Å². The number of nitrogens with two attached hydrogens (primary N) is 1. The average Bonchev–Trinajstić information content (AvgIpc) is 2.30. The lowest BCUT2D eigenvalue weighted by molar-refractivity contribution is 0.123. The van der Waals surface area contributed by atoms with Gasteiger partial charge in [-0.1, -0.05) is 12.1 Å². The maximum atomic E-state index is 5.45. The SMILES string of the molecule is NNc1ccccc1N1CCOCC1. The van der Waals surface area contributed by atoms with E-state index in [2.05, 4.69) is 16.4 Å². The number of nitrogens with zero attached hydrogens (tertiary/aromatic N) is 1. The Morgan fingerprint density at radius 1 is 1.21 bits per heavy atom. The van der Waals surface area contributed by atoms with Gasteiger partial charge in [-0.2, -0.15) is 0 Å². The second-order valence-corrected chi connectivity index (χ2v) is 3.26. The summed E-state index contributed by atoms with van der Waals surface area (Å²) >= 11 is 0. The number of morpholine rings is 1. The fourth-order valence-electron chi connectivity index (χ4n) is 1.68. The minimum absolute atomic E-state index is 0.791. The average molecular weight is 193 g/mol. The van der Waals surface area contributed by atoms with Crippen LogP contribution in [0.4, 0.5) is 11.4 Å². The van der Waals surface area contributed by atoms with Crippen molar-refractivity contribution >= 4 is 11.4 Å². The first-order chi connectivity index (χ1) is 6.92. The molecule has 14 heavy (non-hydrogen) atoms. The fraction of sp³-hybridized carbons (Fsp3) is 0.400. The number of hydrazine groups is 1. The zero-order valence-corrected chi connectivity index (χ0v) is 8.07. The lowest BCUT2D eigenvalue weighted by Crippen LogP contribution is -2.36. The number of benzene rings is 1. The maximum Gasteiger partial charge on any atom is 0.0720 e. The van der Waals surface area contributed by atoms with Crippen LogP contribution in [0.3, 0.4) is 0 Å². The number of nitrogens with one attached hydrogen (secondary N) is 1. The van der Waals surface area contributed by atoms with Gasteiger partial charge in [-0.25, -0.2) is 0 Å². The second-order valence-electron chi connectivity index (χ2n) is 3.26. The molecule has 0 unspecified atom stereocenters. The molecular weight excluding hydrogens is 178 g/mol. The molecule has 0 spiro atoms. The third kappa shape index (κ3) is 1.81. The number of hydrogen-bond donors (Lipinski definition) is 2. The van der Waals surface area contributed by atoms with Gasteiger partial charge in [0.25, 0.3) is 0 Å². The summed E-state index contributed by atoms with van der Waals surface area (Å²) in [6.07, 6.45) is 0. The predicted octanol–water partition coefficient (Wildman–Crippen LogP) is 0.809. The van der Waals surface area contributed by atoms with E-state index in [-0.39, 0.29) is 0 Å². The first-order valence-corrected chi connectivity index (χ1v) is 4.80. The van der Waals surface area contributed by atoms with E-state index in [0.717, 1.165) is 37.7 Å². The molecule has 0 aromatic heterocycles. The van der Waals surface area contributed by atoms with Crippen molar-refractivity contribution in [2.45, 2.75) is 0 Å². The molecule has 0 atom stereocenters. The predicted molar refractivity (Wildman–Crippen MR) is 57.3 cm³/mol. The Labute approximate surface area is 83.6 Å². The van der Waals surface area contributed by atoms with Crippen LogP contribution in [0, 0.1) is 0 Å².